The van der Waals surface area contributed by atoms with Crippen LogP contribution in [0.5, 0.6) is 0 Å². The van der Waals surface area contributed by atoms with E-state index in [1.165, 1.54) is 0 Å². The fourth-order valence-electron chi connectivity index (χ4n) is 1.88. The Morgan fingerprint density at radius 2 is 1.65 bits per heavy atom. The van der Waals surface area contributed by atoms with E-state index in [1.807, 2.05) is 0 Å². The fourth-order valence-corrected chi connectivity index (χ4v) is 2.91. The molecule has 0 aromatic carbocycles. The quantitative estimate of drug-likeness (QED) is 0.695. The van der Waals surface area contributed by atoms with Crippen molar-refractivity contribution in [2.75, 3.05) is 18.1 Å². The van der Waals surface area contributed by atoms with Crippen molar-refractivity contribution in [3.8, 4) is 0 Å². The van der Waals surface area contributed by atoms with Crippen LogP contribution in [-0.4, -0.2) is 32.5 Å². The van der Waals surface area contributed by atoms with Gasteiger partial charge < -0.3 is 5.32 Å². The molecule has 0 amide bonds. The second-order valence-electron chi connectivity index (χ2n) is 5.23. The molecule has 0 unspecified atom stereocenters. The van der Waals surface area contributed by atoms with Crippen LogP contribution < -0.4 is 5.32 Å². The second-order valence-corrected chi connectivity index (χ2v) is 7.70. The highest BCUT2D eigenvalue weighted by Gasteiger charge is 2.27. The Kier molecular flexibility index (Phi) is 7.33. The first-order valence-electron chi connectivity index (χ1n) is 6.74. The first kappa shape index (κ1) is 16.9. The number of nitrogens with one attached hydrogen (secondary N) is 1. The Morgan fingerprint density at radius 3 is 2.00 bits per heavy atom. The van der Waals surface area contributed by atoms with Gasteiger partial charge in [-0.1, -0.05) is 34.6 Å². The second kappa shape index (κ2) is 7.37. The lowest BCUT2D eigenvalue weighted by Gasteiger charge is -2.33. The van der Waals surface area contributed by atoms with Crippen LogP contribution in [0.3, 0.4) is 0 Å². The maximum Gasteiger partial charge on any atom is 0.150 e. The van der Waals surface area contributed by atoms with Crippen LogP contribution in [0.2, 0.25) is 0 Å². The first-order chi connectivity index (χ1) is 7.81. The molecule has 0 saturated heterocycles. The average Bonchev–Trinajstić information content (AvgIpc) is 2.30. The molecule has 0 aliphatic heterocycles. The van der Waals surface area contributed by atoms with Crippen LogP contribution in [0.15, 0.2) is 0 Å². The summed E-state index contributed by atoms with van der Waals surface area (Å²) in [4.78, 5) is 0. The molecule has 0 radical (unpaired) electrons. The monoisotopic (exact) mass is 263 g/mol. The Hall–Kier alpha value is -0.0900. The molecule has 17 heavy (non-hydrogen) atoms. The van der Waals surface area contributed by atoms with Crippen molar-refractivity contribution in [2.45, 2.75) is 59.9 Å². The molecule has 0 bridgehead atoms. The van der Waals surface area contributed by atoms with Gasteiger partial charge in [-0.2, -0.15) is 0 Å². The molecular formula is C13H29NO2S. The van der Waals surface area contributed by atoms with Gasteiger partial charge in [-0.25, -0.2) is 8.42 Å². The van der Waals surface area contributed by atoms with Gasteiger partial charge in [0.05, 0.1) is 5.75 Å². The molecular weight excluding hydrogens is 234 g/mol. The Balaban J connectivity index is 4.50. The van der Waals surface area contributed by atoms with Gasteiger partial charge in [0, 0.05) is 18.3 Å². The van der Waals surface area contributed by atoms with E-state index in [9.17, 15) is 8.42 Å². The molecule has 0 fully saturated rings. The average molecular weight is 263 g/mol. The predicted octanol–water partition coefficient (Wildman–Crippen LogP) is 2.62. The van der Waals surface area contributed by atoms with Crippen LogP contribution in [0.4, 0.5) is 0 Å². The van der Waals surface area contributed by atoms with Gasteiger partial charge in [-0.3, -0.25) is 0 Å². The van der Waals surface area contributed by atoms with Crippen molar-refractivity contribution in [3.05, 3.63) is 0 Å². The van der Waals surface area contributed by atoms with Gasteiger partial charge in [0.1, 0.15) is 9.84 Å². The van der Waals surface area contributed by atoms with Crippen LogP contribution in [0.25, 0.3) is 0 Å². The molecule has 0 aromatic heterocycles. The van der Waals surface area contributed by atoms with Crippen molar-refractivity contribution < 1.29 is 8.42 Å². The van der Waals surface area contributed by atoms with Crippen molar-refractivity contribution in [1.82, 2.24) is 5.32 Å². The maximum absolute atomic E-state index is 11.6. The lowest BCUT2D eigenvalue weighted by molar-refractivity contribution is 0.233. The number of hydrogen-bond acceptors (Lipinski definition) is 3. The highest BCUT2D eigenvalue weighted by molar-refractivity contribution is 7.91. The summed E-state index contributed by atoms with van der Waals surface area (Å²) in [5.74, 6) is 0.582. The van der Waals surface area contributed by atoms with Gasteiger partial charge in [0.2, 0.25) is 0 Å². The van der Waals surface area contributed by atoms with E-state index in [2.05, 4.69) is 33.0 Å². The largest absolute Gasteiger partial charge is 0.314 e. The summed E-state index contributed by atoms with van der Waals surface area (Å²) in [6.45, 7) is 11.2. The smallest absolute Gasteiger partial charge is 0.150 e. The number of rotatable bonds is 9. The summed E-state index contributed by atoms with van der Waals surface area (Å²) in [5.41, 5.74) is 0.131. The molecule has 0 aliphatic carbocycles. The lowest BCUT2D eigenvalue weighted by atomic mass is 9.79. The van der Waals surface area contributed by atoms with E-state index >= 15 is 0 Å². The zero-order valence-corrected chi connectivity index (χ0v) is 12.9. The Morgan fingerprint density at radius 1 is 1.12 bits per heavy atom. The van der Waals surface area contributed by atoms with Crippen LogP contribution in [0, 0.1) is 5.41 Å². The molecule has 4 heteroatoms. The van der Waals surface area contributed by atoms with Crippen LogP contribution in [0.1, 0.15) is 53.9 Å². The van der Waals surface area contributed by atoms with E-state index in [1.54, 1.807) is 6.92 Å². The normalized spacial score (nSPS) is 13.3. The summed E-state index contributed by atoms with van der Waals surface area (Å²) in [6, 6.07) is 0.454. The van der Waals surface area contributed by atoms with E-state index in [4.69, 9.17) is 0 Å². The molecule has 0 atom stereocenters. The summed E-state index contributed by atoms with van der Waals surface area (Å²) in [7, 11) is -2.84. The standard InChI is InChI=1S/C13H29NO2S/c1-6-13(7-2,11-14-12(4)5)9-10-17(15,16)8-3/h12,14H,6-11H2,1-5H3. The van der Waals surface area contributed by atoms with Crippen molar-refractivity contribution >= 4 is 9.84 Å². The minimum atomic E-state index is -2.84. The molecule has 104 valence electrons. The molecule has 0 rings (SSSR count). The van der Waals surface area contributed by atoms with E-state index in [0.717, 1.165) is 25.8 Å². The van der Waals surface area contributed by atoms with E-state index < -0.39 is 9.84 Å². The maximum atomic E-state index is 11.6. The first-order valence-corrected chi connectivity index (χ1v) is 8.56. The SMILES string of the molecule is CCC(CC)(CCS(=O)(=O)CC)CNC(C)C. The molecule has 0 heterocycles. The third-order valence-corrected chi connectivity index (χ3v) is 5.47. The minimum Gasteiger partial charge on any atom is -0.314 e. The van der Waals surface area contributed by atoms with Gasteiger partial charge in [0.25, 0.3) is 0 Å². The van der Waals surface area contributed by atoms with Gasteiger partial charge in [-0.15, -0.1) is 0 Å². The Labute approximate surface area is 107 Å². The molecule has 0 spiro atoms. The third-order valence-electron chi connectivity index (χ3n) is 3.77. The van der Waals surface area contributed by atoms with Crippen molar-refractivity contribution in [3.63, 3.8) is 0 Å². The Bertz CT molecular complexity index is 293. The number of hydrogen-bond donors (Lipinski definition) is 1. The third kappa shape index (κ3) is 6.41. The minimum absolute atomic E-state index is 0.131. The highest BCUT2D eigenvalue weighted by Crippen LogP contribution is 2.30. The van der Waals surface area contributed by atoms with Gasteiger partial charge >= 0.3 is 0 Å². The highest BCUT2D eigenvalue weighted by atomic mass is 32.2. The topological polar surface area (TPSA) is 46.2 Å². The molecule has 0 saturated carbocycles. The molecule has 1 N–H and O–H groups in total. The summed E-state index contributed by atoms with van der Waals surface area (Å²) >= 11 is 0. The van der Waals surface area contributed by atoms with E-state index in [-0.39, 0.29) is 11.2 Å². The zero-order valence-electron chi connectivity index (χ0n) is 12.0. The lowest BCUT2D eigenvalue weighted by Crippen LogP contribution is -2.38. The van der Waals surface area contributed by atoms with Gasteiger partial charge in [0.15, 0.2) is 0 Å². The van der Waals surface area contributed by atoms with Crippen LogP contribution >= 0.6 is 0 Å². The van der Waals surface area contributed by atoms with Crippen molar-refractivity contribution in [2.24, 2.45) is 5.41 Å². The fraction of sp³-hybridized carbons (Fsp3) is 1.00. The molecule has 0 aliphatic rings. The van der Waals surface area contributed by atoms with Crippen LogP contribution in [-0.2, 0) is 9.84 Å². The zero-order chi connectivity index (χ0) is 13.5. The summed E-state index contributed by atoms with van der Waals surface area (Å²) in [5, 5.41) is 3.45. The van der Waals surface area contributed by atoms with E-state index in [0.29, 0.717) is 11.8 Å². The summed E-state index contributed by atoms with van der Waals surface area (Å²) < 4.78 is 23.2. The number of sulfone groups is 1. The van der Waals surface area contributed by atoms with Gasteiger partial charge in [-0.05, 0) is 24.7 Å². The predicted molar refractivity (Wildman–Crippen MR) is 75.1 cm³/mol. The molecule has 0 aromatic rings. The molecule has 3 nitrogen and oxygen atoms in total. The summed E-state index contributed by atoms with van der Waals surface area (Å²) in [6.07, 6.45) is 2.83. The van der Waals surface area contributed by atoms with Crippen molar-refractivity contribution in [1.29, 1.82) is 0 Å².